The molecule has 10 rings (SSSR count). The van der Waals surface area contributed by atoms with Crippen molar-refractivity contribution in [3.8, 4) is 22.3 Å². The summed E-state index contributed by atoms with van der Waals surface area (Å²) < 4.78 is 0. The Hall–Kier alpha value is -4.82. The molecule has 42 heavy (non-hydrogen) atoms. The minimum Gasteiger partial charge on any atom is -0.311 e. The highest BCUT2D eigenvalue weighted by atomic mass is 15.1. The van der Waals surface area contributed by atoms with Gasteiger partial charge in [-0.1, -0.05) is 111 Å². The normalized spacial score (nSPS) is 14.0. The molecule has 0 amide bonds. The van der Waals surface area contributed by atoms with Gasteiger partial charge in [0.15, 0.2) is 0 Å². The molecule has 7 aromatic rings. The maximum atomic E-state index is 2.54. The fraction of sp³-hybridized carbons (Fsp3) is 0.100. The van der Waals surface area contributed by atoms with Crippen LogP contribution in [-0.4, -0.2) is 6.71 Å². The molecule has 0 fully saturated rings. The van der Waals surface area contributed by atoms with Gasteiger partial charge in [-0.05, 0) is 107 Å². The van der Waals surface area contributed by atoms with E-state index in [0.717, 1.165) is 0 Å². The molecule has 7 aromatic carbocycles. The van der Waals surface area contributed by atoms with Gasteiger partial charge in [0.2, 0.25) is 6.71 Å². The lowest BCUT2D eigenvalue weighted by atomic mass is 9.29. The topological polar surface area (TPSA) is 3.24 Å². The quantitative estimate of drug-likeness (QED) is 0.191. The summed E-state index contributed by atoms with van der Waals surface area (Å²) in [6.45, 7) is 7.06. The fourth-order valence-corrected chi connectivity index (χ4v) is 8.33. The van der Waals surface area contributed by atoms with Crippen molar-refractivity contribution in [1.82, 2.24) is 0 Å². The van der Waals surface area contributed by atoms with Crippen molar-refractivity contribution in [2.45, 2.75) is 26.2 Å². The summed E-state index contributed by atoms with van der Waals surface area (Å²) in [5.41, 5.74) is 15.2. The van der Waals surface area contributed by atoms with E-state index in [4.69, 9.17) is 0 Å². The van der Waals surface area contributed by atoms with Crippen LogP contribution in [0.15, 0.2) is 115 Å². The minimum absolute atomic E-state index is 0.113. The Morgan fingerprint density at radius 3 is 1.83 bits per heavy atom. The number of rotatable bonds is 1. The zero-order valence-electron chi connectivity index (χ0n) is 24.0. The average Bonchev–Trinajstić information content (AvgIpc) is 3.01. The molecular formula is C40H28BN. The highest BCUT2D eigenvalue weighted by molar-refractivity contribution is 7.04. The van der Waals surface area contributed by atoms with Crippen molar-refractivity contribution in [2.75, 3.05) is 4.90 Å². The van der Waals surface area contributed by atoms with Crippen molar-refractivity contribution in [3.05, 3.63) is 121 Å². The Morgan fingerprint density at radius 1 is 0.524 bits per heavy atom. The van der Waals surface area contributed by atoms with Crippen molar-refractivity contribution < 1.29 is 0 Å². The second-order valence-electron chi connectivity index (χ2n) is 13.3. The molecule has 0 aromatic heterocycles. The van der Waals surface area contributed by atoms with E-state index in [1.807, 2.05) is 0 Å². The number of hydrogen-bond donors (Lipinski definition) is 0. The molecule has 0 bridgehead atoms. The molecule has 3 aliphatic rings. The van der Waals surface area contributed by atoms with Gasteiger partial charge < -0.3 is 4.90 Å². The average molecular weight is 533 g/mol. The lowest BCUT2D eigenvalue weighted by molar-refractivity contribution is 0.590. The summed E-state index contributed by atoms with van der Waals surface area (Å²) in [5, 5.41) is 8.14. The third-order valence-electron chi connectivity index (χ3n) is 10.1. The number of anilines is 3. The van der Waals surface area contributed by atoms with Gasteiger partial charge >= 0.3 is 0 Å². The maximum Gasteiger partial charge on any atom is 0.249 e. The Bertz CT molecular complexity index is 2340. The van der Waals surface area contributed by atoms with Gasteiger partial charge in [-0.15, -0.1) is 0 Å². The molecular weight excluding hydrogens is 505 g/mol. The molecule has 0 atom stereocenters. The molecule has 0 N–H and O–H groups in total. The molecule has 0 unspecified atom stereocenters. The standard InChI is InChI=1S/C40H28BN/c1-40(2,3)26-16-18-27(19-17-26)42-32-20-14-23-9-6-12-29-31-22-25-8-4-5-11-28(25)36-30-13-7-10-24-15-21-33(42)39(35(24)30)41(37(31)36)38(32)34(23)29/h4-22H,1-3H3. The Balaban J connectivity index is 1.42. The molecule has 196 valence electrons. The van der Waals surface area contributed by atoms with E-state index in [1.54, 1.807) is 0 Å². The van der Waals surface area contributed by atoms with E-state index in [0.29, 0.717) is 0 Å². The van der Waals surface area contributed by atoms with Crippen LogP contribution in [-0.2, 0) is 5.41 Å². The van der Waals surface area contributed by atoms with Gasteiger partial charge in [-0.2, -0.15) is 0 Å². The molecule has 0 saturated heterocycles. The predicted octanol–water partition coefficient (Wildman–Crippen LogP) is 8.70. The van der Waals surface area contributed by atoms with Crippen molar-refractivity contribution >= 4 is 72.5 Å². The maximum absolute atomic E-state index is 2.54. The second-order valence-corrected chi connectivity index (χ2v) is 13.3. The van der Waals surface area contributed by atoms with Crippen molar-refractivity contribution in [2.24, 2.45) is 0 Å². The first-order chi connectivity index (χ1) is 20.5. The first-order valence-electron chi connectivity index (χ1n) is 15.1. The number of hydrogen-bond acceptors (Lipinski definition) is 1. The molecule has 3 heterocycles. The predicted molar refractivity (Wildman–Crippen MR) is 181 cm³/mol. The summed E-state index contributed by atoms with van der Waals surface area (Å²) in [4.78, 5) is 2.54. The van der Waals surface area contributed by atoms with E-state index in [9.17, 15) is 0 Å². The molecule has 2 heteroatoms. The van der Waals surface area contributed by atoms with Crippen LogP contribution in [0, 0.1) is 0 Å². The molecule has 0 aliphatic carbocycles. The molecule has 3 aliphatic heterocycles. The van der Waals surface area contributed by atoms with Crippen LogP contribution in [0.25, 0.3) is 54.6 Å². The summed E-state index contributed by atoms with van der Waals surface area (Å²) in [5.74, 6) is 0. The fourth-order valence-electron chi connectivity index (χ4n) is 8.33. The number of benzene rings is 7. The van der Waals surface area contributed by atoms with Crippen LogP contribution in [0.5, 0.6) is 0 Å². The number of nitrogens with zero attached hydrogens (tertiary/aromatic N) is 1. The van der Waals surface area contributed by atoms with E-state index < -0.39 is 0 Å². The highest BCUT2D eigenvalue weighted by Gasteiger charge is 2.45. The third kappa shape index (κ3) is 2.67. The Kier molecular flexibility index (Phi) is 4.09. The monoisotopic (exact) mass is 533 g/mol. The van der Waals surface area contributed by atoms with Crippen molar-refractivity contribution in [1.29, 1.82) is 0 Å². The van der Waals surface area contributed by atoms with E-state index in [1.165, 1.54) is 93.6 Å². The van der Waals surface area contributed by atoms with Crippen LogP contribution < -0.4 is 21.3 Å². The van der Waals surface area contributed by atoms with Gasteiger partial charge in [0.1, 0.15) is 0 Å². The summed E-state index contributed by atoms with van der Waals surface area (Å²) in [6.07, 6.45) is 0. The third-order valence-corrected chi connectivity index (χ3v) is 10.1. The van der Waals surface area contributed by atoms with Crippen LogP contribution in [0.4, 0.5) is 17.1 Å². The van der Waals surface area contributed by atoms with Gasteiger partial charge in [0.25, 0.3) is 0 Å². The van der Waals surface area contributed by atoms with Gasteiger partial charge in [0.05, 0.1) is 0 Å². The van der Waals surface area contributed by atoms with Crippen LogP contribution >= 0.6 is 0 Å². The summed E-state index contributed by atoms with van der Waals surface area (Å²) >= 11 is 0. The molecule has 0 spiro atoms. The minimum atomic E-state index is 0.113. The lowest BCUT2D eigenvalue weighted by Crippen LogP contribution is -2.61. The van der Waals surface area contributed by atoms with Gasteiger partial charge in [-0.25, -0.2) is 0 Å². The van der Waals surface area contributed by atoms with Crippen LogP contribution in [0.2, 0.25) is 0 Å². The Labute approximate surface area is 246 Å². The van der Waals surface area contributed by atoms with Gasteiger partial charge in [-0.3, -0.25) is 0 Å². The van der Waals surface area contributed by atoms with Crippen LogP contribution in [0.1, 0.15) is 26.3 Å². The molecule has 0 saturated carbocycles. The van der Waals surface area contributed by atoms with Crippen molar-refractivity contribution in [3.63, 3.8) is 0 Å². The molecule has 0 radical (unpaired) electrons. The summed E-state index contributed by atoms with van der Waals surface area (Å²) in [6, 6.07) is 43.9. The smallest absolute Gasteiger partial charge is 0.249 e. The van der Waals surface area contributed by atoms with Crippen LogP contribution in [0.3, 0.4) is 0 Å². The Morgan fingerprint density at radius 2 is 1.14 bits per heavy atom. The lowest BCUT2D eigenvalue weighted by Gasteiger charge is -2.44. The summed E-state index contributed by atoms with van der Waals surface area (Å²) in [7, 11) is 0. The second kappa shape index (κ2) is 7.52. The first kappa shape index (κ1) is 22.8. The SMILES string of the molecule is CC(C)(C)c1ccc(N2c3ccc4cccc5c4c3B3c4c-5cc5ccccc5c4-c4cccc5ccc2c3c45)cc1. The zero-order chi connectivity index (χ0) is 27.9. The van der Waals surface area contributed by atoms with E-state index in [-0.39, 0.29) is 12.1 Å². The zero-order valence-corrected chi connectivity index (χ0v) is 24.0. The highest BCUT2D eigenvalue weighted by Crippen LogP contribution is 2.48. The first-order valence-corrected chi connectivity index (χ1v) is 15.1. The van der Waals surface area contributed by atoms with E-state index >= 15 is 0 Å². The molecule has 1 nitrogen and oxygen atoms in total. The number of fused-ring (bicyclic) bond motifs is 4. The van der Waals surface area contributed by atoms with Gasteiger partial charge in [0, 0.05) is 17.1 Å². The largest absolute Gasteiger partial charge is 0.311 e. The van der Waals surface area contributed by atoms with E-state index in [2.05, 4.69) is 141 Å².